The van der Waals surface area contributed by atoms with Crippen molar-refractivity contribution < 1.29 is 19.1 Å². The Kier molecular flexibility index (Phi) is 9.76. The van der Waals surface area contributed by atoms with E-state index in [9.17, 15) is 9.59 Å². The number of thiocarbonyl (C=S) groups is 1. The van der Waals surface area contributed by atoms with E-state index in [4.69, 9.17) is 27.4 Å². The van der Waals surface area contributed by atoms with Gasteiger partial charge in [0.15, 0.2) is 5.11 Å². The summed E-state index contributed by atoms with van der Waals surface area (Å²) in [5.74, 6) is -0.213. The fourth-order valence-electron chi connectivity index (χ4n) is 2.64. The maximum Gasteiger partial charge on any atom is 0.257 e. The molecule has 2 amide bonds. The van der Waals surface area contributed by atoms with Crippen molar-refractivity contribution in [2.75, 3.05) is 26.4 Å². The number of hydrogen-bond acceptors (Lipinski definition) is 5. The number of carbonyl (C=O) groups is 2. The molecule has 0 saturated carbocycles. The standard InChI is InChI=1S/C22H27N3O4S/c1-2-28-13-14-29-19-10-6-9-18(15-19)21(27)24-22(30)25(12-11-20(23)26)16-17-7-4-3-5-8-17/h3-10,15H,2,11-14,16H2,1H3,(H2,23,26)(H,24,27,30). The van der Waals surface area contributed by atoms with Crippen molar-refractivity contribution in [1.29, 1.82) is 0 Å². The van der Waals surface area contributed by atoms with Gasteiger partial charge in [0.1, 0.15) is 12.4 Å². The van der Waals surface area contributed by atoms with Crippen LogP contribution in [0.1, 0.15) is 29.3 Å². The maximum absolute atomic E-state index is 12.7. The molecule has 2 aromatic carbocycles. The summed E-state index contributed by atoms with van der Waals surface area (Å²) in [6.07, 6.45) is 0.131. The Morgan fingerprint density at radius 3 is 2.57 bits per heavy atom. The molecule has 0 aliphatic carbocycles. The molecule has 0 atom stereocenters. The third-order valence-electron chi connectivity index (χ3n) is 4.15. The predicted molar refractivity (Wildman–Crippen MR) is 119 cm³/mol. The van der Waals surface area contributed by atoms with Crippen molar-refractivity contribution in [2.24, 2.45) is 5.73 Å². The number of primary amides is 1. The van der Waals surface area contributed by atoms with Crippen LogP contribution in [0.3, 0.4) is 0 Å². The van der Waals surface area contributed by atoms with E-state index in [1.807, 2.05) is 37.3 Å². The molecule has 3 N–H and O–H groups in total. The normalized spacial score (nSPS) is 10.3. The average Bonchev–Trinajstić information content (AvgIpc) is 2.75. The first-order chi connectivity index (χ1) is 14.5. The van der Waals surface area contributed by atoms with Crippen molar-refractivity contribution in [3.8, 4) is 5.75 Å². The summed E-state index contributed by atoms with van der Waals surface area (Å²) in [4.78, 5) is 25.7. The topological polar surface area (TPSA) is 93.9 Å². The molecule has 7 nitrogen and oxygen atoms in total. The van der Waals surface area contributed by atoms with E-state index in [2.05, 4.69) is 5.32 Å². The Balaban J connectivity index is 2.01. The van der Waals surface area contributed by atoms with Gasteiger partial charge in [0.2, 0.25) is 5.91 Å². The molecule has 160 valence electrons. The molecule has 8 heteroatoms. The summed E-state index contributed by atoms with van der Waals surface area (Å²) in [5.41, 5.74) is 6.70. The van der Waals surface area contributed by atoms with Crippen molar-refractivity contribution >= 4 is 29.1 Å². The van der Waals surface area contributed by atoms with Crippen molar-refractivity contribution in [2.45, 2.75) is 19.9 Å². The maximum atomic E-state index is 12.7. The van der Waals surface area contributed by atoms with E-state index in [1.54, 1.807) is 29.2 Å². The van der Waals surface area contributed by atoms with Gasteiger partial charge in [0.05, 0.1) is 6.61 Å². The highest BCUT2D eigenvalue weighted by molar-refractivity contribution is 7.80. The number of carbonyl (C=O) groups excluding carboxylic acids is 2. The van der Waals surface area contributed by atoms with E-state index < -0.39 is 5.91 Å². The Hall–Kier alpha value is -2.97. The number of nitrogens with zero attached hydrogens (tertiary/aromatic N) is 1. The van der Waals surface area contributed by atoms with Crippen LogP contribution in [0.5, 0.6) is 5.75 Å². The summed E-state index contributed by atoms with van der Waals surface area (Å²) in [6, 6.07) is 16.5. The van der Waals surface area contributed by atoms with Crippen LogP contribution in [0, 0.1) is 0 Å². The second kappa shape index (κ2) is 12.6. The van der Waals surface area contributed by atoms with Gasteiger partial charge in [-0.3, -0.25) is 14.9 Å². The molecule has 0 aromatic heterocycles. The zero-order valence-electron chi connectivity index (χ0n) is 17.0. The van der Waals surface area contributed by atoms with Crippen molar-refractivity contribution in [3.63, 3.8) is 0 Å². The molecule has 0 saturated heterocycles. The summed E-state index contributed by atoms with van der Waals surface area (Å²) in [7, 11) is 0. The van der Waals surface area contributed by atoms with Crippen LogP contribution in [0.2, 0.25) is 0 Å². The van der Waals surface area contributed by atoms with E-state index in [0.717, 1.165) is 5.56 Å². The number of nitrogens with one attached hydrogen (secondary N) is 1. The van der Waals surface area contributed by atoms with Crippen LogP contribution < -0.4 is 15.8 Å². The molecule has 0 fully saturated rings. The molecule has 0 radical (unpaired) electrons. The first kappa shape index (κ1) is 23.3. The lowest BCUT2D eigenvalue weighted by atomic mass is 10.2. The molecule has 0 spiro atoms. The van der Waals surface area contributed by atoms with Crippen LogP contribution in [-0.4, -0.2) is 48.2 Å². The first-order valence-corrected chi connectivity index (χ1v) is 10.1. The number of amides is 2. The van der Waals surface area contributed by atoms with E-state index >= 15 is 0 Å². The largest absolute Gasteiger partial charge is 0.491 e. The number of ether oxygens (including phenoxy) is 2. The molecule has 0 aliphatic heterocycles. The van der Waals surface area contributed by atoms with Crippen LogP contribution in [0.15, 0.2) is 54.6 Å². The Bertz CT molecular complexity index is 845. The summed E-state index contributed by atoms with van der Waals surface area (Å²) in [5, 5.41) is 2.96. The summed E-state index contributed by atoms with van der Waals surface area (Å²) >= 11 is 5.43. The smallest absolute Gasteiger partial charge is 0.257 e. The van der Waals surface area contributed by atoms with Gasteiger partial charge in [-0.2, -0.15) is 0 Å². The number of nitrogens with two attached hydrogens (primary N) is 1. The molecular weight excluding hydrogens is 402 g/mol. The van der Waals surface area contributed by atoms with Crippen LogP contribution >= 0.6 is 12.2 Å². The third kappa shape index (κ3) is 8.18. The van der Waals surface area contributed by atoms with Gasteiger partial charge >= 0.3 is 0 Å². The lowest BCUT2D eigenvalue weighted by molar-refractivity contribution is -0.118. The molecular formula is C22H27N3O4S. The minimum absolute atomic E-state index is 0.131. The van der Waals surface area contributed by atoms with Crippen LogP contribution in [-0.2, 0) is 16.1 Å². The Labute approximate surface area is 182 Å². The van der Waals surface area contributed by atoms with Crippen LogP contribution in [0.4, 0.5) is 0 Å². The van der Waals surface area contributed by atoms with E-state index in [1.165, 1.54) is 0 Å². The Morgan fingerprint density at radius 2 is 1.87 bits per heavy atom. The predicted octanol–water partition coefficient (Wildman–Crippen LogP) is 2.49. The average molecular weight is 430 g/mol. The summed E-state index contributed by atoms with van der Waals surface area (Å²) in [6.45, 7) is 4.18. The quantitative estimate of drug-likeness (QED) is 0.421. The van der Waals surface area contributed by atoms with E-state index in [0.29, 0.717) is 44.2 Å². The SMILES string of the molecule is CCOCCOc1cccc(C(=O)NC(=S)N(CCC(N)=O)Cc2ccccc2)c1. The van der Waals surface area contributed by atoms with Gasteiger partial charge < -0.3 is 20.1 Å². The molecule has 0 aliphatic rings. The second-order valence-electron chi connectivity index (χ2n) is 6.46. The fraction of sp³-hybridized carbons (Fsp3) is 0.318. The van der Waals surface area contributed by atoms with Gasteiger partial charge in [-0.05, 0) is 42.9 Å². The van der Waals surface area contributed by atoms with Crippen molar-refractivity contribution in [1.82, 2.24) is 10.2 Å². The second-order valence-corrected chi connectivity index (χ2v) is 6.84. The van der Waals surface area contributed by atoms with Gasteiger partial charge in [-0.15, -0.1) is 0 Å². The molecule has 0 bridgehead atoms. The molecule has 2 aromatic rings. The van der Waals surface area contributed by atoms with Gasteiger partial charge in [0.25, 0.3) is 5.91 Å². The number of benzene rings is 2. The molecule has 2 rings (SSSR count). The third-order valence-corrected chi connectivity index (χ3v) is 4.51. The zero-order valence-corrected chi connectivity index (χ0v) is 17.8. The zero-order chi connectivity index (χ0) is 21.8. The van der Waals surface area contributed by atoms with Crippen molar-refractivity contribution in [3.05, 3.63) is 65.7 Å². The lowest BCUT2D eigenvalue weighted by Gasteiger charge is -2.25. The Morgan fingerprint density at radius 1 is 1.10 bits per heavy atom. The molecule has 0 heterocycles. The minimum atomic E-state index is -0.431. The number of rotatable bonds is 11. The highest BCUT2D eigenvalue weighted by Gasteiger charge is 2.16. The first-order valence-electron chi connectivity index (χ1n) is 9.72. The number of hydrogen-bond donors (Lipinski definition) is 2. The van der Waals surface area contributed by atoms with E-state index in [-0.39, 0.29) is 17.4 Å². The highest BCUT2D eigenvalue weighted by atomic mass is 32.1. The van der Waals surface area contributed by atoms with Gasteiger partial charge in [-0.1, -0.05) is 36.4 Å². The van der Waals surface area contributed by atoms with Crippen LogP contribution in [0.25, 0.3) is 0 Å². The van der Waals surface area contributed by atoms with Gasteiger partial charge in [0, 0.05) is 31.7 Å². The fourth-order valence-corrected chi connectivity index (χ4v) is 2.89. The molecule has 30 heavy (non-hydrogen) atoms. The minimum Gasteiger partial charge on any atom is -0.491 e. The summed E-state index contributed by atoms with van der Waals surface area (Å²) < 4.78 is 10.8. The van der Waals surface area contributed by atoms with Gasteiger partial charge in [-0.25, -0.2) is 0 Å². The highest BCUT2D eigenvalue weighted by Crippen LogP contribution is 2.14. The monoisotopic (exact) mass is 429 g/mol. The lowest BCUT2D eigenvalue weighted by Crippen LogP contribution is -2.43. The molecule has 0 unspecified atom stereocenters.